The smallest absolute Gasteiger partial charge is 0.297 e. The molecular weight excluding hydrogens is 226 g/mol. The van der Waals surface area contributed by atoms with E-state index in [-0.39, 0.29) is 0 Å². The maximum atomic E-state index is 5.60. The highest BCUT2D eigenvalue weighted by atomic mass is 16.4. The van der Waals surface area contributed by atoms with E-state index in [9.17, 15) is 0 Å². The fourth-order valence-electron chi connectivity index (χ4n) is 2.39. The van der Waals surface area contributed by atoms with Gasteiger partial charge in [-0.25, -0.2) is 0 Å². The minimum absolute atomic E-state index is 0.452. The monoisotopic (exact) mass is 251 g/mol. The van der Waals surface area contributed by atoms with Gasteiger partial charge in [0.15, 0.2) is 0 Å². The Hall–Kier alpha value is -1.03. The SMILES string of the molecule is CCNCc1coc(N2CCCC(C)(C)CC2)n1. The summed E-state index contributed by atoms with van der Waals surface area (Å²) in [6.07, 6.45) is 5.48. The van der Waals surface area contributed by atoms with Crippen molar-refractivity contribution in [2.45, 2.75) is 46.6 Å². The van der Waals surface area contributed by atoms with Crippen molar-refractivity contribution in [1.82, 2.24) is 10.3 Å². The summed E-state index contributed by atoms with van der Waals surface area (Å²) in [5, 5.41) is 3.27. The molecule has 1 fully saturated rings. The average Bonchev–Trinajstić information content (AvgIpc) is 2.72. The minimum Gasteiger partial charge on any atom is -0.432 e. The van der Waals surface area contributed by atoms with Crippen molar-refractivity contribution in [3.63, 3.8) is 0 Å². The summed E-state index contributed by atoms with van der Waals surface area (Å²) in [7, 11) is 0. The predicted octanol–water partition coefficient (Wildman–Crippen LogP) is 2.80. The second-order valence-corrected chi connectivity index (χ2v) is 5.91. The Balaban J connectivity index is 1.96. The number of hydrogen-bond donors (Lipinski definition) is 1. The van der Waals surface area contributed by atoms with Gasteiger partial charge in [-0.3, -0.25) is 0 Å². The number of anilines is 1. The summed E-state index contributed by atoms with van der Waals surface area (Å²) >= 11 is 0. The van der Waals surface area contributed by atoms with Gasteiger partial charge < -0.3 is 14.6 Å². The highest BCUT2D eigenvalue weighted by Gasteiger charge is 2.24. The average molecular weight is 251 g/mol. The number of hydrogen-bond acceptors (Lipinski definition) is 4. The fourth-order valence-corrected chi connectivity index (χ4v) is 2.39. The van der Waals surface area contributed by atoms with Crippen LogP contribution in [0.2, 0.25) is 0 Å². The lowest BCUT2D eigenvalue weighted by Gasteiger charge is -2.22. The molecule has 0 unspecified atom stereocenters. The van der Waals surface area contributed by atoms with Crippen molar-refractivity contribution >= 4 is 6.01 Å². The minimum atomic E-state index is 0.452. The Labute approximate surface area is 110 Å². The first kappa shape index (κ1) is 13.4. The number of rotatable bonds is 4. The van der Waals surface area contributed by atoms with Gasteiger partial charge in [-0.15, -0.1) is 0 Å². The molecule has 0 bridgehead atoms. The van der Waals surface area contributed by atoms with Crippen LogP contribution in [0.1, 0.15) is 45.7 Å². The van der Waals surface area contributed by atoms with Crippen LogP contribution >= 0.6 is 0 Å². The summed E-state index contributed by atoms with van der Waals surface area (Å²) in [5.41, 5.74) is 1.45. The van der Waals surface area contributed by atoms with Crippen LogP contribution in [-0.4, -0.2) is 24.6 Å². The molecule has 102 valence electrons. The summed E-state index contributed by atoms with van der Waals surface area (Å²) < 4.78 is 5.60. The molecule has 1 aliphatic heterocycles. The summed E-state index contributed by atoms with van der Waals surface area (Å²) in [6.45, 7) is 10.7. The van der Waals surface area contributed by atoms with Gasteiger partial charge >= 0.3 is 0 Å². The molecule has 0 amide bonds. The zero-order chi connectivity index (χ0) is 13.0. The van der Waals surface area contributed by atoms with Crippen LogP contribution in [0.4, 0.5) is 6.01 Å². The molecule has 1 aromatic rings. The summed E-state index contributed by atoms with van der Waals surface area (Å²) in [6, 6.07) is 0.792. The second-order valence-electron chi connectivity index (χ2n) is 5.91. The van der Waals surface area contributed by atoms with Crippen LogP contribution in [0, 0.1) is 5.41 Å². The Morgan fingerprint density at radius 3 is 3.00 bits per heavy atom. The van der Waals surface area contributed by atoms with Crippen molar-refractivity contribution < 1.29 is 4.42 Å². The molecule has 0 saturated carbocycles. The zero-order valence-corrected chi connectivity index (χ0v) is 11.8. The van der Waals surface area contributed by atoms with Crippen LogP contribution in [0.3, 0.4) is 0 Å². The molecule has 0 spiro atoms. The third kappa shape index (κ3) is 3.48. The van der Waals surface area contributed by atoms with E-state index in [4.69, 9.17) is 4.42 Å². The molecule has 0 aliphatic carbocycles. The summed E-state index contributed by atoms with van der Waals surface area (Å²) in [5.74, 6) is 0. The van der Waals surface area contributed by atoms with Gasteiger partial charge in [0.25, 0.3) is 6.01 Å². The first-order valence-corrected chi connectivity index (χ1v) is 7.01. The highest BCUT2D eigenvalue weighted by molar-refractivity contribution is 5.27. The lowest BCUT2D eigenvalue weighted by atomic mass is 9.85. The van der Waals surface area contributed by atoms with Gasteiger partial charge in [0.2, 0.25) is 0 Å². The molecule has 1 aromatic heterocycles. The maximum Gasteiger partial charge on any atom is 0.297 e. The number of aromatic nitrogens is 1. The molecule has 4 nitrogen and oxygen atoms in total. The van der Waals surface area contributed by atoms with E-state index < -0.39 is 0 Å². The lowest BCUT2D eigenvalue weighted by Crippen LogP contribution is -2.25. The van der Waals surface area contributed by atoms with Gasteiger partial charge in [-0.1, -0.05) is 20.8 Å². The van der Waals surface area contributed by atoms with Crippen LogP contribution in [-0.2, 0) is 6.54 Å². The van der Waals surface area contributed by atoms with Gasteiger partial charge in [0, 0.05) is 19.6 Å². The molecular formula is C14H25N3O. The number of oxazole rings is 1. The Kier molecular flexibility index (Phi) is 4.27. The molecule has 2 heterocycles. The Bertz CT molecular complexity index is 373. The topological polar surface area (TPSA) is 41.3 Å². The zero-order valence-electron chi connectivity index (χ0n) is 11.8. The van der Waals surface area contributed by atoms with E-state index in [0.717, 1.165) is 37.9 Å². The normalized spacial score (nSPS) is 19.8. The van der Waals surface area contributed by atoms with Crippen molar-refractivity contribution in [2.75, 3.05) is 24.5 Å². The van der Waals surface area contributed by atoms with Crippen molar-refractivity contribution in [3.8, 4) is 0 Å². The third-order valence-electron chi connectivity index (χ3n) is 3.71. The Morgan fingerprint density at radius 1 is 1.39 bits per heavy atom. The van der Waals surface area contributed by atoms with Gasteiger partial charge in [-0.2, -0.15) is 4.98 Å². The molecule has 4 heteroatoms. The Morgan fingerprint density at radius 2 is 2.22 bits per heavy atom. The third-order valence-corrected chi connectivity index (χ3v) is 3.71. The molecule has 1 saturated heterocycles. The van der Waals surface area contributed by atoms with Crippen molar-refractivity contribution in [2.24, 2.45) is 5.41 Å². The summed E-state index contributed by atoms with van der Waals surface area (Å²) in [4.78, 5) is 6.84. The van der Waals surface area contributed by atoms with Gasteiger partial charge in [0.1, 0.15) is 6.26 Å². The number of nitrogens with zero attached hydrogens (tertiary/aromatic N) is 2. The van der Waals surface area contributed by atoms with E-state index in [0.29, 0.717) is 5.41 Å². The standard InChI is InChI=1S/C14H25N3O/c1-4-15-10-12-11-18-13(16-12)17-8-5-6-14(2,3)7-9-17/h11,15H,4-10H2,1-3H3. The van der Waals surface area contributed by atoms with Crippen LogP contribution in [0.15, 0.2) is 10.7 Å². The number of nitrogens with one attached hydrogen (secondary N) is 1. The second kappa shape index (κ2) is 5.74. The maximum absolute atomic E-state index is 5.60. The highest BCUT2D eigenvalue weighted by Crippen LogP contribution is 2.31. The van der Waals surface area contributed by atoms with Crippen molar-refractivity contribution in [3.05, 3.63) is 12.0 Å². The first-order valence-electron chi connectivity index (χ1n) is 7.01. The molecule has 0 aromatic carbocycles. The van der Waals surface area contributed by atoms with Gasteiger partial charge in [0.05, 0.1) is 5.69 Å². The first-order chi connectivity index (χ1) is 8.61. The molecule has 1 aliphatic rings. The molecule has 18 heavy (non-hydrogen) atoms. The predicted molar refractivity (Wildman–Crippen MR) is 73.7 cm³/mol. The molecule has 1 N–H and O–H groups in total. The van der Waals surface area contributed by atoms with Crippen LogP contribution in [0.25, 0.3) is 0 Å². The lowest BCUT2D eigenvalue weighted by molar-refractivity contribution is 0.324. The largest absolute Gasteiger partial charge is 0.432 e. The van der Waals surface area contributed by atoms with Crippen molar-refractivity contribution in [1.29, 1.82) is 0 Å². The van der Waals surface area contributed by atoms with E-state index in [1.807, 2.05) is 0 Å². The van der Waals surface area contributed by atoms with E-state index >= 15 is 0 Å². The van der Waals surface area contributed by atoms with Crippen LogP contribution in [0.5, 0.6) is 0 Å². The molecule has 0 radical (unpaired) electrons. The quantitative estimate of drug-likeness (QED) is 0.893. The van der Waals surface area contributed by atoms with E-state index in [2.05, 4.69) is 36.0 Å². The van der Waals surface area contributed by atoms with E-state index in [1.54, 1.807) is 6.26 Å². The van der Waals surface area contributed by atoms with Gasteiger partial charge in [-0.05, 0) is 31.2 Å². The van der Waals surface area contributed by atoms with Crippen LogP contribution < -0.4 is 10.2 Å². The molecule has 2 rings (SSSR count). The fraction of sp³-hybridized carbons (Fsp3) is 0.786. The molecule has 0 atom stereocenters. The van der Waals surface area contributed by atoms with E-state index in [1.165, 1.54) is 19.3 Å².